The second-order valence-electron chi connectivity index (χ2n) is 6.80. The first-order valence-electron chi connectivity index (χ1n) is 8.08. The third-order valence-corrected chi connectivity index (χ3v) is 4.51. The van der Waals surface area contributed by atoms with E-state index in [1.807, 2.05) is 26.0 Å². The molecule has 1 rings (SSSR count). The van der Waals surface area contributed by atoms with Crippen LogP contribution in [0.5, 0.6) is 5.75 Å². The summed E-state index contributed by atoms with van der Waals surface area (Å²) in [6.45, 7) is 8.05. The Hall–Kier alpha value is -1.80. The minimum atomic E-state index is -3.28. The highest BCUT2D eigenvalue weighted by Crippen LogP contribution is 2.25. The van der Waals surface area contributed by atoms with Crippen LogP contribution in [-0.2, 0) is 10.0 Å². The van der Waals surface area contributed by atoms with Gasteiger partial charge in [-0.2, -0.15) is 0 Å². The zero-order chi connectivity index (χ0) is 19.3. The van der Waals surface area contributed by atoms with Gasteiger partial charge in [0.1, 0.15) is 5.75 Å². The monoisotopic (exact) mass is 370 g/mol. The average molecular weight is 371 g/mol. The fraction of sp³-hybridized carbons (Fsp3) is 0.588. The van der Waals surface area contributed by atoms with Gasteiger partial charge in [-0.25, -0.2) is 13.1 Å². The summed E-state index contributed by atoms with van der Waals surface area (Å²) in [5.74, 6) is 1.39. The van der Waals surface area contributed by atoms with Gasteiger partial charge in [-0.1, -0.05) is 17.7 Å². The Morgan fingerprint density at radius 3 is 2.52 bits per heavy atom. The van der Waals surface area contributed by atoms with E-state index in [4.69, 9.17) is 4.74 Å². The van der Waals surface area contributed by atoms with Crippen LogP contribution in [0, 0.1) is 6.92 Å². The van der Waals surface area contributed by atoms with Gasteiger partial charge in [-0.15, -0.1) is 0 Å². The van der Waals surface area contributed by atoms with Crippen LogP contribution in [-0.4, -0.2) is 46.9 Å². The van der Waals surface area contributed by atoms with Crippen LogP contribution in [0.2, 0.25) is 0 Å². The molecule has 0 aliphatic heterocycles. The van der Waals surface area contributed by atoms with Crippen LogP contribution in [0.15, 0.2) is 23.2 Å². The van der Waals surface area contributed by atoms with Crippen molar-refractivity contribution < 1.29 is 13.2 Å². The van der Waals surface area contributed by atoms with E-state index in [0.717, 1.165) is 23.1 Å². The number of sulfonamides is 1. The minimum absolute atomic E-state index is 0.0352. The molecule has 142 valence electrons. The lowest BCUT2D eigenvalue weighted by Gasteiger charge is -2.27. The van der Waals surface area contributed by atoms with Crippen LogP contribution < -0.4 is 20.1 Å². The van der Waals surface area contributed by atoms with Crippen molar-refractivity contribution in [2.24, 2.45) is 4.99 Å². The molecule has 1 atom stereocenters. The highest BCUT2D eigenvalue weighted by molar-refractivity contribution is 7.88. The number of benzene rings is 1. The minimum Gasteiger partial charge on any atom is -0.496 e. The van der Waals surface area contributed by atoms with E-state index in [9.17, 15) is 8.42 Å². The van der Waals surface area contributed by atoms with Crippen LogP contribution in [0.3, 0.4) is 0 Å². The Balaban J connectivity index is 2.78. The third kappa shape index (κ3) is 7.31. The molecule has 0 saturated carbocycles. The van der Waals surface area contributed by atoms with Gasteiger partial charge in [0, 0.05) is 24.7 Å². The van der Waals surface area contributed by atoms with E-state index >= 15 is 0 Å². The predicted molar refractivity (Wildman–Crippen MR) is 103 cm³/mol. The average Bonchev–Trinajstić information content (AvgIpc) is 2.48. The number of hydrogen-bond acceptors (Lipinski definition) is 4. The van der Waals surface area contributed by atoms with E-state index in [-0.39, 0.29) is 6.04 Å². The summed E-state index contributed by atoms with van der Waals surface area (Å²) < 4.78 is 30.9. The van der Waals surface area contributed by atoms with Crippen LogP contribution in [0.25, 0.3) is 0 Å². The Labute approximate surface area is 151 Å². The molecule has 0 saturated heterocycles. The highest BCUT2D eigenvalue weighted by atomic mass is 32.2. The van der Waals surface area contributed by atoms with Crippen molar-refractivity contribution in [1.29, 1.82) is 0 Å². The topological polar surface area (TPSA) is 91.8 Å². The molecule has 7 nitrogen and oxygen atoms in total. The van der Waals surface area contributed by atoms with Gasteiger partial charge in [-0.3, -0.25) is 4.99 Å². The van der Waals surface area contributed by atoms with Crippen molar-refractivity contribution in [3.8, 4) is 5.75 Å². The van der Waals surface area contributed by atoms with Crippen molar-refractivity contribution >= 4 is 16.0 Å². The quantitative estimate of drug-likeness (QED) is 0.500. The Bertz CT molecular complexity index is 715. The van der Waals surface area contributed by atoms with Crippen LogP contribution >= 0.6 is 0 Å². The zero-order valence-electron chi connectivity index (χ0n) is 16.1. The smallest absolute Gasteiger partial charge is 0.209 e. The molecule has 0 radical (unpaired) electrons. The number of nitrogens with zero attached hydrogens (tertiary/aromatic N) is 1. The second kappa shape index (κ2) is 8.53. The number of guanidine groups is 1. The molecule has 25 heavy (non-hydrogen) atoms. The number of rotatable bonds is 7. The van der Waals surface area contributed by atoms with Gasteiger partial charge in [0.15, 0.2) is 5.96 Å². The van der Waals surface area contributed by atoms with Gasteiger partial charge in [0.2, 0.25) is 10.0 Å². The van der Waals surface area contributed by atoms with Gasteiger partial charge >= 0.3 is 0 Å². The van der Waals surface area contributed by atoms with Crippen LogP contribution in [0.4, 0.5) is 0 Å². The van der Waals surface area contributed by atoms with Gasteiger partial charge in [0.25, 0.3) is 0 Å². The highest BCUT2D eigenvalue weighted by Gasteiger charge is 2.23. The molecule has 0 aromatic heterocycles. The number of ether oxygens (including phenoxy) is 1. The molecule has 3 N–H and O–H groups in total. The maximum absolute atomic E-state index is 11.4. The van der Waals surface area contributed by atoms with E-state index in [1.165, 1.54) is 0 Å². The Kier molecular flexibility index (Phi) is 7.25. The summed E-state index contributed by atoms with van der Waals surface area (Å²) >= 11 is 0. The van der Waals surface area contributed by atoms with Crippen molar-refractivity contribution in [2.75, 3.05) is 27.0 Å². The summed E-state index contributed by atoms with van der Waals surface area (Å²) in [6, 6.07) is 5.98. The zero-order valence-corrected chi connectivity index (χ0v) is 16.9. The van der Waals surface area contributed by atoms with Crippen molar-refractivity contribution in [3.05, 3.63) is 29.3 Å². The molecular weight excluding hydrogens is 340 g/mol. The fourth-order valence-electron chi connectivity index (χ4n) is 2.51. The maximum atomic E-state index is 11.4. The lowest BCUT2D eigenvalue weighted by molar-refractivity contribution is 0.404. The molecule has 0 aliphatic rings. The second-order valence-corrected chi connectivity index (χ2v) is 8.54. The molecule has 0 fully saturated rings. The number of nitrogens with one attached hydrogen (secondary N) is 3. The summed E-state index contributed by atoms with van der Waals surface area (Å²) in [4.78, 5) is 4.21. The van der Waals surface area contributed by atoms with E-state index in [0.29, 0.717) is 12.5 Å². The van der Waals surface area contributed by atoms with Gasteiger partial charge < -0.3 is 15.4 Å². The Morgan fingerprint density at radius 2 is 2.00 bits per heavy atom. The molecular formula is C17H30N4O3S. The summed E-state index contributed by atoms with van der Waals surface area (Å²) in [5.41, 5.74) is 1.53. The predicted octanol–water partition coefficient (Wildman–Crippen LogP) is 1.56. The fourth-order valence-corrected chi connectivity index (χ4v) is 3.59. The first-order valence-corrected chi connectivity index (χ1v) is 9.97. The normalized spacial score (nSPS) is 14.1. The van der Waals surface area contributed by atoms with Crippen molar-refractivity contribution in [2.45, 2.75) is 39.3 Å². The summed E-state index contributed by atoms with van der Waals surface area (Å²) in [5, 5.41) is 6.46. The number of hydrogen-bond donors (Lipinski definition) is 3. The number of aliphatic imine (C=N–C) groups is 1. The van der Waals surface area contributed by atoms with Crippen molar-refractivity contribution in [3.63, 3.8) is 0 Å². The molecule has 1 aromatic rings. The lowest BCUT2D eigenvalue weighted by atomic mass is 10.0. The third-order valence-electron chi connectivity index (χ3n) is 3.59. The Morgan fingerprint density at radius 1 is 1.36 bits per heavy atom. The van der Waals surface area contributed by atoms with E-state index in [2.05, 4.69) is 26.4 Å². The molecule has 1 unspecified atom stereocenters. The van der Waals surface area contributed by atoms with Crippen molar-refractivity contribution in [1.82, 2.24) is 15.4 Å². The number of aryl methyl sites for hydroxylation is 1. The lowest BCUT2D eigenvalue weighted by Crippen LogP contribution is -2.53. The SMILES string of the molecule is CN=C(NCC(C)(C)NS(C)(=O)=O)NC(C)c1cc(C)ccc1OC. The first kappa shape index (κ1) is 21.2. The van der Waals surface area contributed by atoms with Gasteiger partial charge in [-0.05, 0) is 33.8 Å². The number of methoxy groups -OCH3 is 1. The molecule has 0 aliphatic carbocycles. The molecule has 0 amide bonds. The summed E-state index contributed by atoms with van der Waals surface area (Å²) in [7, 11) is 0.0363. The standard InChI is InChI=1S/C17H30N4O3S/c1-12-8-9-15(24-6)14(10-12)13(2)20-16(18-5)19-11-17(3,4)21-25(7,22)23/h8-10,13,21H,11H2,1-7H3,(H2,18,19,20). The molecule has 8 heteroatoms. The molecule has 1 aromatic carbocycles. The van der Waals surface area contributed by atoms with Gasteiger partial charge in [0.05, 0.1) is 19.4 Å². The van der Waals surface area contributed by atoms with E-state index in [1.54, 1.807) is 28.0 Å². The molecule has 0 heterocycles. The van der Waals surface area contributed by atoms with E-state index < -0.39 is 15.6 Å². The summed E-state index contributed by atoms with van der Waals surface area (Å²) in [6.07, 6.45) is 1.15. The maximum Gasteiger partial charge on any atom is 0.209 e. The first-order chi connectivity index (χ1) is 11.5. The van der Waals surface area contributed by atoms with Crippen LogP contribution in [0.1, 0.15) is 37.9 Å². The molecule has 0 spiro atoms. The molecule has 0 bridgehead atoms. The largest absolute Gasteiger partial charge is 0.496 e.